The van der Waals surface area contributed by atoms with Crippen LogP contribution < -0.4 is 19.6 Å². The van der Waals surface area contributed by atoms with Crippen molar-refractivity contribution in [3.63, 3.8) is 0 Å². The molecule has 0 fully saturated rings. The maximum atomic E-state index is 11.1. The average molecular weight is 415 g/mol. The van der Waals surface area contributed by atoms with E-state index in [2.05, 4.69) is 48.2 Å². The van der Waals surface area contributed by atoms with Crippen molar-refractivity contribution < 1.29 is 23.7 Å². The van der Waals surface area contributed by atoms with E-state index in [1.165, 1.54) is 18.9 Å². The first-order valence-electron chi connectivity index (χ1n) is 9.75. The van der Waals surface area contributed by atoms with Crippen molar-refractivity contribution in [2.24, 2.45) is 5.10 Å². The van der Waals surface area contributed by atoms with Crippen LogP contribution >= 0.6 is 0 Å². The number of nitrogens with zero attached hydrogens (tertiary/aromatic N) is 1. The minimum absolute atomic E-state index is 0.120. The van der Waals surface area contributed by atoms with Gasteiger partial charge in [-0.2, -0.15) is 5.10 Å². The van der Waals surface area contributed by atoms with Gasteiger partial charge in [-0.25, -0.2) is 10.2 Å². The Morgan fingerprint density at radius 3 is 2.37 bits per heavy atom. The summed E-state index contributed by atoms with van der Waals surface area (Å²) in [4.78, 5) is 11.1. The maximum Gasteiger partial charge on any atom is 0.427 e. The van der Waals surface area contributed by atoms with Crippen LogP contribution in [-0.4, -0.2) is 39.7 Å². The van der Waals surface area contributed by atoms with Gasteiger partial charge in [-0.1, -0.05) is 39.0 Å². The van der Waals surface area contributed by atoms with Gasteiger partial charge >= 0.3 is 6.09 Å². The van der Waals surface area contributed by atoms with Gasteiger partial charge in [-0.05, 0) is 35.2 Å². The summed E-state index contributed by atoms with van der Waals surface area (Å²) in [6.07, 6.45) is 1.52. The zero-order valence-corrected chi connectivity index (χ0v) is 18.2. The van der Waals surface area contributed by atoms with Crippen LogP contribution in [-0.2, 0) is 10.2 Å². The molecule has 0 saturated heterocycles. The van der Waals surface area contributed by atoms with Crippen LogP contribution in [0.1, 0.15) is 38.3 Å². The third kappa shape index (κ3) is 6.99. The summed E-state index contributed by atoms with van der Waals surface area (Å²) in [5, 5.41) is 3.85. The van der Waals surface area contributed by atoms with Crippen LogP contribution in [0.3, 0.4) is 0 Å². The Labute approximate surface area is 178 Å². The van der Waals surface area contributed by atoms with Crippen LogP contribution in [0.25, 0.3) is 0 Å². The molecule has 0 atom stereocenters. The monoisotopic (exact) mass is 414 g/mol. The predicted octanol–water partition coefficient (Wildman–Crippen LogP) is 4.53. The lowest BCUT2D eigenvalue weighted by Crippen LogP contribution is -2.16. The lowest BCUT2D eigenvalue weighted by Gasteiger charge is -2.19. The molecule has 0 saturated carbocycles. The highest BCUT2D eigenvalue weighted by Gasteiger charge is 2.13. The second-order valence-electron chi connectivity index (χ2n) is 7.57. The number of hydrazone groups is 1. The minimum Gasteiger partial charge on any atom is -0.493 e. The standard InChI is InChI=1S/C23H30N2O5/c1-23(2,3)18-10-12-19(13-11-18)29-14-7-15-30-21-17(8-6-9-20(21)27-4)16-24-25-22(26)28-5/h6,8-13,16H,7,14-15H2,1-5H3,(H,25,26)/b24-16+. The number of carbonyl (C=O) groups excluding carboxylic acids is 1. The van der Waals surface area contributed by atoms with Crippen LogP contribution in [0.2, 0.25) is 0 Å². The highest BCUT2D eigenvalue weighted by molar-refractivity contribution is 5.85. The molecule has 0 aliphatic carbocycles. The Hall–Kier alpha value is -3.22. The van der Waals surface area contributed by atoms with E-state index in [1.54, 1.807) is 13.2 Å². The average Bonchev–Trinajstić information content (AvgIpc) is 2.73. The zero-order valence-electron chi connectivity index (χ0n) is 18.2. The van der Waals surface area contributed by atoms with Crippen molar-refractivity contribution in [2.45, 2.75) is 32.6 Å². The highest BCUT2D eigenvalue weighted by atomic mass is 16.5. The first kappa shape index (κ1) is 23.1. The van der Waals surface area contributed by atoms with Gasteiger partial charge in [0, 0.05) is 12.0 Å². The predicted molar refractivity (Wildman–Crippen MR) is 117 cm³/mol. The molecule has 0 heterocycles. The molecule has 0 radical (unpaired) electrons. The Morgan fingerprint density at radius 1 is 1.03 bits per heavy atom. The molecule has 1 N–H and O–H groups in total. The molecule has 7 heteroatoms. The van der Waals surface area contributed by atoms with Crippen LogP contribution in [0.5, 0.6) is 17.2 Å². The van der Waals surface area contributed by atoms with E-state index in [0.717, 1.165) is 5.75 Å². The molecule has 2 aromatic carbocycles. The number of hydrogen-bond acceptors (Lipinski definition) is 6. The third-order valence-electron chi connectivity index (χ3n) is 4.30. The Bertz CT molecular complexity index is 842. The fourth-order valence-electron chi connectivity index (χ4n) is 2.62. The van der Waals surface area contributed by atoms with Crippen molar-refractivity contribution in [3.05, 3.63) is 53.6 Å². The molecule has 0 aromatic heterocycles. The summed E-state index contributed by atoms with van der Waals surface area (Å²) in [5.41, 5.74) is 4.30. The summed E-state index contributed by atoms with van der Waals surface area (Å²) in [5.74, 6) is 1.96. The van der Waals surface area contributed by atoms with Gasteiger partial charge in [-0.15, -0.1) is 0 Å². The Kier molecular flexibility index (Phi) is 8.53. The maximum absolute atomic E-state index is 11.1. The fourth-order valence-corrected chi connectivity index (χ4v) is 2.62. The first-order chi connectivity index (χ1) is 14.3. The SMILES string of the molecule is COC(=O)N/N=C/c1cccc(OC)c1OCCCOc1ccc(C(C)(C)C)cc1. The topological polar surface area (TPSA) is 78.4 Å². The zero-order chi connectivity index (χ0) is 22.0. The molecular weight excluding hydrogens is 384 g/mol. The van der Waals surface area contributed by atoms with Crippen LogP contribution in [0.4, 0.5) is 4.79 Å². The van der Waals surface area contributed by atoms with Crippen molar-refractivity contribution in [1.29, 1.82) is 0 Å². The summed E-state index contributed by atoms with van der Waals surface area (Å²) < 4.78 is 21.6. The summed E-state index contributed by atoms with van der Waals surface area (Å²) in [7, 11) is 2.84. The smallest absolute Gasteiger partial charge is 0.427 e. The van der Waals surface area contributed by atoms with Crippen molar-refractivity contribution in [2.75, 3.05) is 27.4 Å². The van der Waals surface area contributed by atoms with Gasteiger partial charge in [0.1, 0.15) is 5.75 Å². The van der Waals surface area contributed by atoms with Crippen molar-refractivity contribution in [1.82, 2.24) is 5.43 Å². The Balaban J connectivity index is 1.88. The molecule has 0 aliphatic rings. The largest absolute Gasteiger partial charge is 0.493 e. The molecule has 30 heavy (non-hydrogen) atoms. The molecule has 162 valence electrons. The number of nitrogens with one attached hydrogen (secondary N) is 1. The van der Waals surface area contributed by atoms with Crippen LogP contribution in [0, 0.1) is 0 Å². The summed E-state index contributed by atoms with van der Waals surface area (Å²) >= 11 is 0. The molecule has 0 aliphatic heterocycles. The van der Waals surface area contributed by atoms with Crippen LogP contribution in [0.15, 0.2) is 47.6 Å². The number of hydrogen-bond donors (Lipinski definition) is 1. The quantitative estimate of drug-likeness (QED) is 0.370. The van der Waals surface area contributed by atoms with E-state index in [9.17, 15) is 4.79 Å². The molecule has 0 spiro atoms. The third-order valence-corrected chi connectivity index (χ3v) is 4.30. The molecule has 7 nitrogen and oxygen atoms in total. The number of carbonyl (C=O) groups is 1. The lowest BCUT2D eigenvalue weighted by molar-refractivity contribution is 0.171. The summed E-state index contributed by atoms with van der Waals surface area (Å²) in [6, 6.07) is 13.6. The number of amides is 1. The van der Waals surface area contributed by atoms with Crippen molar-refractivity contribution >= 4 is 12.3 Å². The minimum atomic E-state index is -0.649. The fraction of sp³-hybridized carbons (Fsp3) is 0.391. The molecule has 0 unspecified atom stereocenters. The molecular formula is C23H30N2O5. The van der Waals surface area contributed by atoms with Gasteiger partial charge < -0.3 is 18.9 Å². The molecule has 2 aromatic rings. The number of methoxy groups -OCH3 is 2. The molecule has 0 bridgehead atoms. The highest BCUT2D eigenvalue weighted by Crippen LogP contribution is 2.30. The second-order valence-corrected chi connectivity index (χ2v) is 7.57. The van der Waals surface area contributed by atoms with E-state index in [-0.39, 0.29) is 5.41 Å². The van der Waals surface area contributed by atoms with E-state index < -0.39 is 6.09 Å². The van der Waals surface area contributed by atoms with E-state index in [0.29, 0.717) is 36.7 Å². The number of para-hydroxylation sites is 1. The van der Waals surface area contributed by atoms with Gasteiger partial charge in [0.05, 0.1) is 33.6 Å². The van der Waals surface area contributed by atoms with Gasteiger partial charge in [0.2, 0.25) is 0 Å². The van der Waals surface area contributed by atoms with Gasteiger partial charge in [-0.3, -0.25) is 0 Å². The normalized spacial score (nSPS) is 11.2. The number of ether oxygens (including phenoxy) is 4. The van der Waals surface area contributed by atoms with E-state index >= 15 is 0 Å². The first-order valence-corrected chi connectivity index (χ1v) is 9.75. The van der Waals surface area contributed by atoms with E-state index in [1.807, 2.05) is 24.3 Å². The summed E-state index contributed by atoms with van der Waals surface area (Å²) in [6.45, 7) is 7.51. The number of rotatable bonds is 9. The Morgan fingerprint density at radius 2 is 1.73 bits per heavy atom. The molecule has 2 rings (SSSR count). The van der Waals surface area contributed by atoms with Crippen molar-refractivity contribution in [3.8, 4) is 17.2 Å². The second kappa shape index (κ2) is 11.1. The lowest BCUT2D eigenvalue weighted by atomic mass is 9.87. The van der Waals surface area contributed by atoms with Gasteiger partial charge in [0.25, 0.3) is 0 Å². The van der Waals surface area contributed by atoms with E-state index in [4.69, 9.17) is 14.2 Å². The number of benzene rings is 2. The molecule has 1 amide bonds. The van der Waals surface area contributed by atoms with Gasteiger partial charge in [0.15, 0.2) is 11.5 Å².